The van der Waals surface area contributed by atoms with Gasteiger partial charge in [0.15, 0.2) is 0 Å². The van der Waals surface area contributed by atoms with Crippen LogP contribution in [-0.4, -0.2) is 53.5 Å². The van der Waals surface area contributed by atoms with Gasteiger partial charge >= 0.3 is 17.9 Å². The first-order chi connectivity index (χ1) is 14.2. The van der Waals surface area contributed by atoms with E-state index in [0.29, 0.717) is 17.1 Å². The summed E-state index contributed by atoms with van der Waals surface area (Å²) in [5, 5.41) is 3.01. The maximum absolute atomic E-state index is 12.7. The molecule has 0 unspecified atom stereocenters. The van der Waals surface area contributed by atoms with Gasteiger partial charge < -0.3 is 29.0 Å². The molecule has 0 saturated heterocycles. The molecule has 1 heterocycles. The van der Waals surface area contributed by atoms with Gasteiger partial charge in [-0.25, -0.2) is 14.4 Å². The largest absolute Gasteiger partial charge is 0.497 e. The fourth-order valence-electron chi connectivity index (χ4n) is 3.51. The maximum Gasteiger partial charge on any atom is 0.338 e. The molecule has 9 nitrogen and oxygen atoms in total. The van der Waals surface area contributed by atoms with E-state index in [1.807, 2.05) is 0 Å². The number of rotatable bonds is 6. The van der Waals surface area contributed by atoms with Crippen LogP contribution in [0.3, 0.4) is 0 Å². The number of carbonyl (C=O) groups is 3. The van der Waals surface area contributed by atoms with Crippen LogP contribution in [0.1, 0.15) is 35.7 Å². The van der Waals surface area contributed by atoms with Crippen molar-refractivity contribution in [2.24, 2.45) is 0 Å². The summed E-state index contributed by atoms with van der Waals surface area (Å²) in [5.74, 6) is -2.48. The van der Waals surface area contributed by atoms with Crippen molar-refractivity contribution in [3.05, 3.63) is 45.8 Å². The van der Waals surface area contributed by atoms with Crippen LogP contribution < -0.4 is 14.8 Å². The predicted octanol–water partition coefficient (Wildman–Crippen LogP) is 2.07. The van der Waals surface area contributed by atoms with Crippen LogP contribution in [0.25, 0.3) is 0 Å². The molecular formula is C21H25NO8. The highest BCUT2D eigenvalue weighted by molar-refractivity contribution is 6.02. The number of allylic oxidation sites excluding steroid dienone is 2. The van der Waals surface area contributed by atoms with E-state index in [9.17, 15) is 14.4 Å². The van der Waals surface area contributed by atoms with Gasteiger partial charge in [0.05, 0.1) is 58.2 Å². The summed E-state index contributed by atoms with van der Waals surface area (Å²) in [5.41, 5.74) is 1.53. The predicted molar refractivity (Wildman–Crippen MR) is 106 cm³/mol. The number of carbonyl (C=O) groups excluding carboxylic acids is 3. The molecule has 2 rings (SSSR count). The van der Waals surface area contributed by atoms with Crippen LogP contribution in [-0.2, 0) is 23.8 Å². The van der Waals surface area contributed by atoms with E-state index in [-0.39, 0.29) is 28.0 Å². The molecule has 0 aliphatic carbocycles. The summed E-state index contributed by atoms with van der Waals surface area (Å²) < 4.78 is 25.6. The third-order valence-electron chi connectivity index (χ3n) is 4.84. The van der Waals surface area contributed by atoms with Gasteiger partial charge in [-0.05, 0) is 19.9 Å². The normalized spacial score (nSPS) is 14.1. The van der Waals surface area contributed by atoms with Gasteiger partial charge in [-0.1, -0.05) is 0 Å². The standard InChI is InChI=1S/C21H25NO8/c1-10-15(20(24)29-6)18(16(11(2)22-10)21(25)30-7)17-13(19(23)28-5)8-12(26-3)9-14(17)27-4/h8-9,18,22H,1-7H3. The van der Waals surface area contributed by atoms with Crippen LogP contribution in [0.2, 0.25) is 0 Å². The molecule has 1 N–H and O–H groups in total. The monoisotopic (exact) mass is 419 g/mol. The second-order valence-corrected chi connectivity index (χ2v) is 6.40. The quantitative estimate of drug-likeness (QED) is 0.547. The van der Waals surface area contributed by atoms with Gasteiger partial charge in [0, 0.05) is 23.0 Å². The maximum atomic E-state index is 12.7. The van der Waals surface area contributed by atoms with E-state index >= 15 is 0 Å². The van der Waals surface area contributed by atoms with Crippen molar-refractivity contribution in [2.75, 3.05) is 35.5 Å². The molecule has 0 fully saturated rings. The minimum atomic E-state index is -1.01. The molecule has 1 aromatic carbocycles. The van der Waals surface area contributed by atoms with E-state index < -0.39 is 23.8 Å². The highest BCUT2D eigenvalue weighted by Gasteiger charge is 2.41. The van der Waals surface area contributed by atoms with Gasteiger partial charge in [0.25, 0.3) is 0 Å². The Morgan fingerprint density at radius 1 is 0.767 bits per heavy atom. The molecule has 0 aromatic heterocycles. The van der Waals surface area contributed by atoms with Gasteiger partial charge in [0.1, 0.15) is 11.5 Å². The van der Waals surface area contributed by atoms with Crippen LogP contribution >= 0.6 is 0 Å². The van der Waals surface area contributed by atoms with Gasteiger partial charge in [0.2, 0.25) is 0 Å². The minimum Gasteiger partial charge on any atom is -0.497 e. The smallest absolute Gasteiger partial charge is 0.338 e. The summed E-state index contributed by atoms with van der Waals surface area (Å²) in [6.07, 6.45) is 0. The molecule has 0 atom stereocenters. The third-order valence-corrected chi connectivity index (χ3v) is 4.84. The summed E-state index contributed by atoms with van der Waals surface area (Å²) in [6.45, 7) is 3.34. The Kier molecular flexibility index (Phi) is 7.10. The van der Waals surface area contributed by atoms with Crippen LogP contribution in [0, 0.1) is 0 Å². The lowest BCUT2D eigenvalue weighted by Gasteiger charge is -2.31. The highest BCUT2D eigenvalue weighted by Crippen LogP contribution is 2.45. The Morgan fingerprint density at radius 2 is 1.27 bits per heavy atom. The number of ether oxygens (including phenoxy) is 5. The lowest BCUT2D eigenvalue weighted by atomic mass is 9.78. The molecule has 1 aliphatic heterocycles. The summed E-state index contributed by atoms with van der Waals surface area (Å²) in [4.78, 5) is 38.1. The highest BCUT2D eigenvalue weighted by atomic mass is 16.5. The third kappa shape index (κ3) is 3.96. The topological polar surface area (TPSA) is 109 Å². The average Bonchev–Trinajstić information content (AvgIpc) is 2.75. The molecular weight excluding hydrogens is 394 g/mol. The molecule has 30 heavy (non-hydrogen) atoms. The number of hydrogen-bond acceptors (Lipinski definition) is 9. The lowest BCUT2D eigenvalue weighted by Crippen LogP contribution is -2.33. The van der Waals surface area contributed by atoms with Gasteiger partial charge in [-0.3, -0.25) is 0 Å². The Balaban J connectivity index is 2.99. The van der Waals surface area contributed by atoms with E-state index in [4.69, 9.17) is 23.7 Å². The Bertz CT molecular complexity index is 907. The lowest BCUT2D eigenvalue weighted by molar-refractivity contribution is -0.137. The molecule has 162 valence electrons. The second-order valence-electron chi connectivity index (χ2n) is 6.40. The molecule has 0 saturated carbocycles. The van der Waals surface area contributed by atoms with E-state index in [1.54, 1.807) is 19.9 Å². The Morgan fingerprint density at radius 3 is 1.67 bits per heavy atom. The molecule has 1 aromatic rings. The van der Waals surface area contributed by atoms with Crippen molar-refractivity contribution in [3.63, 3.8) is 0 Å². The first kappa shape index (κ1) is 22.8. The van der Waals surface area contributed by atoms with E-state index in [2.05, 4.69) is 5.32 Å². The number of esters is 3. The van der Waals surface area contributed by atoms with Crippen molar-refractivity contribution in [2.45, 2.75) is 19.8 Å². The van der Waals surface area contributed by atoms with Crippen molar-refractivity contribution in [1.29, 1.82) is 0 Å². The van der Waals surface area contributed by atoms with Crippen LogP contribution in [0.15, 0.2) is 34.7 Å². The van der Waals surface area contributed by atoms with Crippen LogP contribution in [0.4, 0.5) is 0 Å². The SMILES string of the molecule is COC(=O)C1=C(C)NC(C)=C(C(=O)OC)C1c1c(OC)cc(OC)cc1C(=O)OC. The fourth-order valence-corrected chi connectivity index (χ4v) is 3.51. The zero-order valence-corrected chi connectivity index (χ0v) is 18.0. The van der Waals surface area contributed by atoms with Crippen LogP contribution in [0.5, 0.6) is 11.5 Å². The molecule has 0 spiro atoms. The van der Waals surface area contributed by atoms with Crippen molar-refractivity contribution >= 4 is 17.9 Å². The zero-order valence-electron chi connectivity index (χ0n) is 18.0. The van der Waals surface area contributed by atoms with Crippen molar-refractivity contribution in [3.8, 4) is 11.5 Å². The first-order valence-electron chi connectivity index (χ1n) is 8.94. The Hall–Kier alpha value is -3.49. The molecule has 9 heteroatoms. The summed E-state index contributed by atoms with van der Waals surface area (Å²) in [6, 6.07) is 3.01. The zero-order chi connectivity index (χ0) is 22.6. The summed E-state index contributed by atoms with van der Waals surface area (Å²) >= 11 is 0. The van der Waals surface area contributed by atoms with E-state index in [1.165, 1.54) is 41.6 Å². The molecule has 1 aliphatic rings. The number of nitrogens with one attached hydrogen (secondary N) is 1. The number of methoxy groups -OCH3 is 5. The molecule has 0 bridgehead atoms. The van der Waals surface area contributed by atoms with Crippen molar-refractivity contribution in [1.82, 2.24) is 5.32 Å². The molecule has 0 amide bonds. The molecule has 0 radical (unpaired) electrons. The average molecular weight is 419 g/mol. The second kappa shape index (κ2) is 9.34. The van der Waals surface area contributed by atoms with E-state index in [0.717, 1.165) is 0 Å². The number of hydrogen-bond donors (Lipinski definition) is 1. The van der Waals surface area contributed by atoms with Gasteiger partial charge in [-0.15, -0.1) is 0 Å². The van der Waals surface area contributed by atoms with Gasteiger partial charge in [-0.2, -0.15) is 0 Å². The Labute approximate surface area is 174 Å². The first-order valence-corrected chi connectivity index (χ1v) is 8.94. The fraction of sp³-hybridized carbons (Fsp3) is 0.381. The number of benzene rings is 1. The summed E-state index contributed by atoms with van der Waals surface area (Å²) in [7, 11) is 6.53. The minimum absolute atomic E-state index is 0.0732. The van der Waals surface area contributed by atoms with Crippen molar-refractivity contribution < 1.29 is 38.1 Å². The number of dihydropyridines is 1.